The lowest BCUT2D eigenvalue weighted by atomic mass is 10.1. The Morgan fingerprint density at radius 2 is 1.75 bits per heavy atom. The number of thioether (sulfide) groups is 2. The van der Waals surface area contributed by atoms with Gasteiger partial charge in [0.2, 0.25) is 10.0 Å². The fraction of sp³-hybridized carbons (Fsp3) is 0.929. The van der Waals surface area contributed by atoms with E-state index in [2.05, 4.69) is 13.8 Å². The SMILES string of the molecule is CCC(C)CCSCCCSC(=O)OCCCS(=O)(=O)NS(=O)(=O)C(F)(F)F. The molecular formula is C14H26F3NO6S4. The van der Waals surface area contributed by atoms with E-state index in [4.69, 9.17) is 4.74 Å². The maximum absolute atomic E-state index is 12.1. The van der Waals surface area contributed by atoms with Crippen molar-refractivity contribution in [3.63, 3.8) is 0 Å². The van der Waals surface area contributed by atoms with E-state index < -0.39 is 36.6 Å². The molecule has 0 saturated carbocycles. The zero-order chi connectivity index (χ0) is 21.8. The van der Waals surface area contributed by atoms with Crippen LogP contribution in [0.4, 0.5) is 18.0 Å². The highest BCUT2D eigenvalue weighted by Gasteiger charge is 2.48. The second-order valence-corrected chi connectivity index (χ2v) is 11.9. The fourth-order valence-corrected chi connectivity index (χ4v) is 6.08. The molecule has 0 aromatic rings. The van der Waals surface area contributed by atoms with Gasteiger partial charge in [0.1, 0.15) is 0 Å². The van der Waals surface area contributed by atoms with Crippen molar-refractivity contribution in [1.29, 1.82) is 0 Å². The van der Waals surface area contributed by atoms with Gasteiger partial charge < -0.3 is 4.74 Å². The Labute approximate surface area is 173 Å². The van der Waals surface area contributed by atoms with Crippen LogP contribution in [0.15, 0.2) is 0 Å². The van der Waals surface area contributed by atoms with Crippen LogP contribution in [0.1, 0.15) is 39.5 Å². The summed E-state index contributed by atoms with van der Waals surface area (Å²) in [5, 5.41) is -0.613. The van der Waals surface area contributed by atoms with Crippen molar-refractivity contribution in [2.24, 2.45) is 5.92 Å². The molecule has 14 heteroatoms. The maximum atomic E-state index is 12.1. The summed E-state index contributed by atoms with van der Waals surface area (Å²) >= 11 is 2.74. The molecule has 0 spiro atoms. The smallest absolute Gasteiger partial charge is 0.458 e. The normalized spacial score (nSPS) is 14.0. The zero-order valence-electron chi connectivity index (χ0n) is 15.7. The van der Waals surface area contributed by atoms with Crippen molar-refractivity contribution < 1.29 is 39.5 Å². The molecule has 0 aliphatic rings. The number of hydrogen-bond donors (Lipinski definition) is 1. The van der Waals surface area contributed by atoms with Crippen LogP contribution in [0, 0.1) is 5.92 Å². The molecule has 0 amide bonds. The molecule has 0 heterocycles. The Morgan fingerprint density at radius 3 is 2.32 bits per heavy atom. The predicted octanol–water partition coefficient (Wildman–Crippen LogP) is 3.57. The second-order valence-electron chi connectivity index (χ2n) is 5.92. The number of nitrogens with one attached hydrogen (secondary N) is 1. The zero-order valence-corrected chi connectivity index (χ0v) is 18.9. The van der Waals surface area contributed by atoms with Crippen LogP contribution in [0.5, 0.6) is 0 Å². The van der Waals surface area contributed by atoms with Gasteiger partial charge in [-0.25, -0.2) is 21.6 Å². The summed E-state index contributed by atoms with van der Waals surface area (Å²) in [6, 6.07) is 0. The van der Waals surface area contributed by atoms with E-state index in [0.717, 1.165) is 42.5 Å². The first-order chi connectivity index (χ1) is 12.8. The van der Waals surface area contributed by atoms with Gasteiger partial charge in [0.25, 0.3) is 0 Å². The molecule has 28 heavy (non-hydrogen) atoms. The van der Waals surface area contributed by atoms with E-state index in [0.29, 0.717) is 15.8 Å². The standard InChI is InChI=1S/C14H26F3NO6S4/c1-3-12(2)6-10-25-8-5-9-26-13(19)24-7-4-11-27(20,21)18-28(22,23)14(15,16)17/h12,18H,3-11H2,1-2H3. The number of halogens is 3. The largest absolute Gasteiger partial charge is 0.512 e. The van der Waals surface area contributed by atoms with E-state index in [1.807, 2.05) is 11.8 Å². The number of ether oxygens (including phenoxy) is 1. The molecule has 0 radical (unpaired) electrons. The number of alkyl halides is 3. The van der Waals surface area contributed by atoms with E-state index in [1.165, 1.54) is 0 Å². The maximum Gasteiger partial charge on any atom is 0.512 e. The van der Waals surface area contributed by atoms with Crippen LogP contribution in [0.25, 0.3) is 0 Å². The fourth-order valence-electron chi connectivity index (χ4n) is 1.61. The third kappa shape index (κ3) is 13.1. The lowest BCUT2D eigenvalue weighted by Gasteiger charge is -2.10. The highest BCUT2D eigenvalue weighted by molar-refractivity contribution is 8.13. The Bertz CT molecular complexity index is 667. The molecule has 168 valence electrons. The van der Waals surface area contributed by atoms with E-state index in [-0.39, 0.29) is 13.0 Å². The molecule has 1 atom stereocenters. The highest BCUT2D eigenvalue weighted by atomic mass is 32.3. The van der Waals surface area contributed by atoms with E-state index in [1.54, 1.807) is 0 Å². The highest BCUT2D eigenvalue weighted by Crippen LogP contribution is 2.22. The van der Waals surface area contributed by atoms with E-state index >= 15 is 0 Å². The van der Waals surface area contributed by atoms with Crippen LogP contribution < -0.4 is 4.13 Å². The van der Waals surface area contributed by atoms with Crippen molar-refractivity contribution in [2.75, 3.05) is 29.6 Å². The third-order valence-corrected chi connectivity index (χ3v) is 8.70. The molecular weight excluding hydrogens is 463 g/mol. The first-order valence-corrected chi connectivity index (χ1v) is 13.8. The quantitative estimate of drug-likeness (QED) is 0.292. The van der Waals surface area contributed by atoms with Gasteiger partial charge in [-0.3, -0.25) is 0 Å². The molecule has 1 unspecified atom stereocenters. The Hall–Kier alpha value is -0.180. The number of sulfonamides is 2. The minimum Gasteiger partial charge on any atom is -0.458 e. The van der Waals surface area contributed by atoms with Crippen molar-refractivity contribution in [3.8, 4) is 0 Å². The summed E-state index contributed by atoms with van der Waals surface area (Å²) < 4.78 is 86.0. The first kappa shape index (κ1) is 27.8. The summed E-state index contributed by atoms with van der Waals surface area (Å²) in [5.41, 5.74) is -5.73. The van der Waals surface area contributed by atoms with Crippen LogP contribution in [0.2, 0.25) is 0 Å². The predicted molar refractivity (Wildman–Crippen MR) is 106 cm³/mol. The molecule has 0 saturated heterocycles. The molecule has 0 aromatic heterocycles. The topological polar surface area (TPSA) is 107 Å². The summed E-state index contributed by atoms with van der Waals surface area (Å²) in [6.45, 7) is 4.00. The van der Waals surface area contributed by atoms with Crippen molar-refractivity contribution in [3.05, 3.63) is 0 Å². The second kappa shape index (κ2) is 13.2. The Morgan fingerprint density at radius 1 is 1.11 bits per heavy atom. The van der Waals surface area contributed by atoms with Crippen LogP contribution in [-0.2, 0) is 24.8 Å². The van der Waals surface area contributed by atoms with E-state index in [9.17, 15) is 34.8 Å². The molecule has 1 N–H and O–H groups in total. The van der Waals surface area contributed by atoms with Gasteiger partial charge in [0.15, 0.2) is 0 Å². The van der Waals surface area contributed by atoms with Crippen molar-refractivity contribution >= 4 is 48.9 Å². The van der Waals surface area contributed by atoms with Gasteiger partial charge in [-0.1, -0.05) is 20.3 Å². The minimum absolute atomic E-state index is 0.333. The molecule has 7 nitrogen and oxygen atoms in total. The molecule has 0 fully saturated rings. The van der Waals surface area contributed by atoms with Crippen LogP contribution in [-0.4, -0.2) is 57.3 Å². The van der Waals surface area contributed by atoms with Gasteiger partial charge in [0.05, 0.1) is 12.4 Å². The van der Waals surface area contributed by atoms with Gasteiger partial charge in [0, 0.05) is 5.75 Å². The number of carbonyl (C=O) groups excluding carboxylic acids is 1. The minimum atomic E-state index is -5.99. The number of carbonyl (C=O) groups is 1. The van der Waals surface area contributed by atoms with Gasteiger partial charge >= 0.3 is 20.8 Å². The van der Waals surface area contributed by atoms with Gasteiger partial charge in [-0.2, -0.15) is 24.9 Å². The monoisotopic (exact) mass is 489 g/mol. The first-order valence-electron chi connectivity index (χ1n) is 8.50. The molecule has 0 aromatic carbocycles. The Kier molecular flexibility index (Phi) is 13.1. The molecule has 0 bridgehead atoms. The van der Waals surface area contributed by atoms with Crippen molar-refractivity contribution in [2.45, 2.75) is 45.0 Å². The molecule has 0 rings (SSSR count). The third-order valence-electron chi connectivity index (χ3n) is 3.42. The summed E-state index contributed by atoms with van der Waals surface area (Å²) in [7, 11) is -10.7. The number of rotatable bonds is 14. The summed E-state index contributed by atoms with van der Waals surface area (Å²) in [4.78, 5) is 11.5. The van der Waals surface area contributed by atoms with Crippen LogP contribution in [0.3, 0.4) is 0 Å². The van der Waals surface area contributed by atoms with Gasteiger partial charge in [-0.05, 0) is 48.4 Å². The lowest BCUT2D eigenvalue weighted by Crippen LogP contribution is -2.41. The molecule has 0 aliphatic carbocycles. The van der Waals surface area contributed by atoms with Crippen LogP contribution >= 0.6 is 23.5 Å². The van der Waals surface area contributed by atoms with Gasteiger partial charge in [-0.15, -0.1) is 4.13 Å². The van der Waals surface area contributed by atoms with Crippen molar-refractivity contribution in [1.82, 2.24) is 4.13 Å². The Balaban J connectivity index is 3.87. The summed E-state index contributed by atoms with van der Waals surface area (Å²) in [5.74, 6) is 2.29. The average Bonchev–Trinajstić information content (AvgIpc) is 2.55. The lowest BCUT2D eigenvalue weighted by molar-refractivity contribution is -0.0441. The molecule has 0 aliphatic heterocycles. The average molecular weight is 490 g/mol. The number of hydrogen-bond acceptors (Lipinski definition) is 8. The summed E-state index contributed by atoms with van der Waals surface area (Å²) in [6.07, 6.45) is 2.77.